The van der Waals surface area contributed by atoms with E-state index < -0.39 is 0 Å². The summed E-state index contributed by atoms with van der Waals surface area (Å²) in [6.07, 6.45) is 0. The highest BCUT2D eigenvalue weighted by atomic mass is 127. The van der Waals surface area contributed by atoms with Gasteiger partial charge >= 0.3 is 0 Å². The Kier molecular flexibility index (Phi) is 4.97. The molecular formula is C13H17FIN3S. The van der Waals surface area contributed by atoms with Gasteiger partial charge < -0.3 is 14.5 Å². The Labute approximate surface area is 130 Å². The van der Waals surface area contributed by atoms with Crippen molar-refractivity contribution in [2.45, 2.75) is 20.4 Å². The highest BCUT2D eigenvalue weighted by Gasteiger charge is 2.09. The van der Waals surface area contributed by atoms with Crippen molar-refractivity contribution in [1.82, 2.24) is 14.5 Å². The van der Waals surface area contributed by atoms with Gasteiger partial charge in [-0.05, 0) is 54.0 Å². The molecule has 0 fully saturated rings. The summed E-state index contributed by atoms with van der Waals surface area (Å²) in [5.74, 6) is -0.196. The average molecular weight is 393 g/mol. The van der Waals surface area contributed by atoms with Crippen LogP contribution in [0.15, 0.2) is 12.1 Å². The van der Waals surface area contributed by atoms with Crippen LogP contribution in [0, 0.1) is 14.2 Å². The molecule has 1 N–H and O–H groups in total. The van der Waals surface area contributed by atoms with Crippen LogP contribution in [0.5, 0.6) is 0 Å². The van der Waals surface area contributed by atoms with Crippen LogP contribution in [-0.2, 0) is 6.54 Å². The summed E-state index contributed by atoms with van der Waals surface area (Å²) in [6.45, 7) is 8.00. The number of likely N-dealkylation sites (N-methyl/N-ethyl adjacent to an activating group) is 1. The van der Waals surface area contributed by atoms with Crippen molar-refractivity contribution < 1.29 is 4.39 Å². The predicted octanol–water partition coefficient (Wildman–Crippen LogP) is 3.78. The van der Waals surface area contributed by atoms with Crippen LogP contribution in [0.2, 0.25) is 0 Å². The van der Waals surface area contributed by atoms with Gasteiger partial charge in [-0.1, -0.05) is 13.8 Å². The Balaban J connectivity index is 2.35. The maximum Gasteiger partial charge on any atom is 0.178 e. The summed E-state index contributed by atoms with van der Waals surface area (Å²) >= 11 is 7.32. The second-order valence-electron chi connectivity index (χ2n) is 4.39. The van der Waals surface area contributed by atoms with Gasteiger partial charge in [-0.15, -0.1) is 0 Å². The van der Waals surface area contributed by atoms with Gasteiger partial charge in [-0.3, -0.25) is 0 Å². The zero-order valence-corrected chi connectivity index (χ0v) is 14.0. The molecule has 1 aromatic carbocycles. The summed E-state index contributed by atoms with van der Waals surface area (Å²) in [5, 5.41) is 0. The molecule has 0 aliphatic carbocycles. The van der Waals surface area contributed by atoms with Gasteiger partial charge in [0.2, 0.25) is 0 Å². The van der Waals surface area contributed by atoms with Crippen LogP contribution < -0.4 is 0 Å². The first-order valence-corrected chi connectivity index (χ1v) is 7.85. The van der Waals surface area contributed by atoms with Gasteiger partial charge in [-0.25, -0.2) is 4.39 Å². The summed E-state index contributed by atoms with van der Waals surface area (Å²) in [4.78, 5) is 5.47. The third-order valence-corrected chi connectivity index (χ3v) is 4.50. The number of fused-ring (bicyclic) bond motifs is 1. The van der Waals surface area contributed by atoms with Gasteiger partial charge in [-0.2, -0.15) is 0 Å². The second kappa shape index (κ2) is 6.32. The SMILES string of the molecule is CCN(CC)CCn1c(=S)[nH]c2cc(I)c(F)cc21. The number of aromatic amines is 1. The fourth-order valence-corrected chi connectivity index (χ4v) is 2.92. The first-order valence-electron chi connectivity index (χ1n) is 6.36. The summed E-state index contributed by atoms with van der Waals surface area (Å²) in [5.41, 5.74) is 1.74. The Morgan fingerprint density at radius 1 is 1.37 bits per heavy atom. The fraction of sp³-hybridized carbons (Fsp3) is 0.462. The van der Waals surface area contributed by atoms with Crippen molar-refractivity contribution in [3.63, 3.8) is 0 Å². The van der Waals surface area contributed by atoms with Crippen LogP contribution in [0.25, 0.3) is 11.0 Å². The smallest absolute Gasteiger partial charge is 0.178 e. The zero-order valence-electron chi connectivity index (χ0n) is 11.0. The van der Waals surface area contributed by atoms with E-state index in [1.54, 1.807) is 12.1 Å². The first-order chi connectivity index (χ1) is 9.06. The lowest BCUT2D eigenvalue weighted by Crippen LogP contribution is -2.27. The number of hydrogen-bond acceptors (Lipinski definition) is 2. The molecule has 0 radical (unpaired) electrons. The number of rotatable bonds is 5. The lowest BCUT2D eigenvalue weighted by Gasteiger charge is -2.18. The molecule has 0 unspecified atom stereocenters. The second-order valence-corrected chi connectivity index (χ2v) is 5.94. The maximum absolute atomic E-state index is 13.7. The number of imidazole rings is 1. The van der Waals surface area contributed by atoms with Gasteiger partial charge in [0.05, 0.1) is 14.6 Å². The Bertz CT molecular complexity index is 631. The molecule has 104 valence electrons. The normalized spacial score (nSPS) is 11.6. The van der Waals surface area contributed by atoms with Crippen molar-refractivity contribution in [3.05, 3.63) is 26.3 Å². The van der Waals surface area contributed by atoms with Crippen LogP contribution in [-0.4, -0.2) is 34.1 Å². The predicted molar refractivity (Wildman–Crippen MR) is 87.6 cm³/mol. The van der Waals surface area contributed by atoms with E-state index in [1.165, 1.54) is 0 Å². The molecule has 0 aliphatic rings. The number of nitrogens with zero attached hydrogens (tertiary/aromatic N) is 2. The standard InChI is InChI=1S/C13H17FIN3S/c1-3-17(4-2)5-6-18-12-7-9(14)10(15)8-11(12)16-13(18)19/h7-8H,3-6H2,1-2H3,(H,16,19). The van der Waals surface area contributed by atoms with Crippen molar-refractivity contribution in [2.24, 2.45) is 0 Å². The van der Waals surface area contributed by atoms with E-state index in [4.69, 9.17) is 12.2 Å². The highest BCUT2D eigenvalue weighted by molar-refractivity contribution is 14.1. The molecule has 1 heterocycles. The monoisotopic (exact) mass is 393 g/mol. The Hall–Kier alpha value is -0.470. The topological polar surface area (TPSA) is 24.0 Å². The fourth-order valence-electron chi connectivity index (χ4n) is 2.16. The van der Waals surface area contributed by atoms with Gasteiger partial charge in [0.25, 0.3) is 0 Å². The van der Waals surface area contributed by atoms with Crippen molar-refractivity contribution >= 4 is 45.8 Å². The van der Waals surface area contributed by atoms with E-state index in [1.807, 2.05) is 27.2 Å². The molecule has 0 aliphatic heterocycles. The lowest BCUT2D eigenvalue weighted by molar-refractivity contribution is 0.291. The number of H-pyrrole nitrogens is 1. The minimum absolute atomic E-state index is 0.196. The number of aromatic nitrogens is 2. The summed E-state index contributed by atoms with van der Waals surface area (Å²) in [7, 11) is 0. The molecule has 0 amide bonds. The van der Waals surface area contributed by atoms with Crippen molar-refractivity contribution in [3.8, 4) is 0 Å². The van der Waals surface area contributed by atoms with E-state index >= 15 is 0 Å². The van der Waals surface area contributed by atoms with Crippen LogP contribution in [0.1, 0.15) is 13.8 Å². The molecule has 1 aromatic heterocycles. The van der Waals surface area contributed by atoms with Crippen LogP contribution >= 0.6 is 34.8 Å². The Morgan fingerprint density at radius 3 is 2.68 bits per heavy atom. The van der Waals surface area contributed by atoms with Crippen LogP contribution in [0.4, 0.5) is 4.39 Å². The molecular weight excluding hydrogens is 376 g/mol. The maximum atomic E-state index is 13.7. The number of hydrogen-bond donors (Lipinski definition) is 1. The van der Waals surface area contributed by atoms with E-state index in [0.29, 0.717) is 8.34 Å². The molecule has 0 atom stereocenters. The molecule has 0 spiro atoms. The highest BCUT2D eigenvalue weighted by Crippen LogP contribution is 2.20. The first kappa shape index (κ1) is 14.9. The quantitative estimate of drug-likeness (QED) is 0.618. The molecule has 19 heavy (non-hydrogen) atoms. The summed E-state index contributed by atoms with van der Waals surface area (Å²) in [6, 6.07) is 3.36. The molecule has 0 saturated heterocycles. The molecule has 6 heteroatoms. The minimum Gasteiger partial charge on any atom is -0.331 e. The number of nitrogens with one attached hydrogen (secondary N) is 1. The third-order valence-electron chi connectivity index (χ3n) is 3.35. The van der Waals surface area contributed by atoms with E-state index in [0.717, 1.165) is 37.2 Å². The largest absolute Gasteiger partial charge is 0.331 e. The molecule has 2 rings (SSSR count). The lowest BCUT2D eigenvalue weighted by atomic mass is 10.3. The van der Waals surface area contributed by atoms with E-state index in [2.05, 4.69) is 23.7 Å². The van der Waals surface area contributed by atoms with Crippen molar-refractivity contribution in [2.75, 3.05) is 19.6 Å². The van der Waals surface area contributed by atoms with Gasteiger partial charge in [0, 0.05) is 19.2 Å². The zero-order chi connectivity index (χ0) is 14.0. The van der Waals surface area contributed by atoms with E-state index in [9.17, 15) is 4.39 Å². The molecule has 0 saturated carbocycles. The minimum atomic E-state index is -0.196. The number of halogens is 2. The average Bonchev–Trinajstić information content (AvgIpc) is 2.67. The third kappa shape index (κ3) is 3.17. The molecule has 3 nitrogen and oxygen atoms in total. The van der Waals surface area contributed by atoms with E-state index in [-0.39, 0.29) is 5.82 Å². The molecule has 0 bridgehead atoms. The van der Waals surface area contributed by atoms with Gasteiger partial charge in [0.1, 0.15) is 5.82 Å². The van der Waals surface area contributed by atoms with Crippen LogP contribution in [0.3, 0.4) is 0 Å². The summed E-state index contributed by atoms with van der Waals surface area (Å²) < 4.78 is 16.9. The molecule has 2 aromatic rings. The van der Waals surface area contributed by atoms with Crippen molar-refractivity contribution in [1.29, 1.82) is 0 Å². The number of benzene rings is 1. The van der Waals surface area contributed by atoms with Gasteiger partial charge in [0.15, 0.2) is 4.77 Å². The Morgan fingerprint density at radius 2 is 2.05 bits per heavy atom.